The van der Waals surface area contributed by atoms with Crippen molar-refractivity contribution in [3.8, 4) is 0 Å². The SMILES string of the molecule is CCCCCCCC(=O)OC(C)[C@H](N)C(=O)O. The van der Waals surface area contributed by atoms with Crippen LogP contribution in [0.3, 0.4) is 0 Å². The van der Waals surface area contributed by atoms with E-state index in [1.165, 1.54) is 13.3 Å². The maximum absolute atomic E-state index is 11.3. The van der Waals surface area contributed by atoms with Gasteiger partial charge in [-0.3, -0.25) is 9.59 Å². The predicted octanol–water partition coefficient (Wildman–Crippen LogP) is 1.69. The lowest BCUT2D eigenvalue weighted by Crippen LogP contribution is -2.42. The minimum atomic E-state index is -1.16. The Labute approximate surface area is 102 Å². The maximum atomic E-state index is 11.3. The van der Waals surface area contributed by atoms with E-state index in [0.717, 1.165) is 25.7 Å². The van der Waals surface area contributed by atoms with Crippen LogP contribution in [0.5, 0.6) is 0 Å². The number of nitrogens with two attached hydrogens (primary N) is 1. The summed E-state index contributed by atoms with van der Waals surface area (Å²) in [5, 5.41) is 8.62. The van der Waals surface area contributed by atoms with Crippen LogP contribution in [0.15, 0.2) is 0 Å². The van der Waals surface area contributed by atoms with Gasteiger partial charge in [0.05, 0.1) is 0 Å². The maximum Gasteiger partial charge on any atom is 0.324 e. The Morgan fingerprint density at radius 3 is 2.35 bits per heavy atom. The van der Waals surface area contributed by atoms with Gasteiger partial charge in [0.1, 0.15) is 12.1 Å². The molecule has 0 rings (SSSR count). The quantitative estimate of drug-likeness (QED) is 0.476. The summed E-state index contributed by atoms with van der Waals surface area (Å²) in [7, 11) is 0. The van der Waals surface area contributed by atoms with Crippen LogP contribution in [0, 0.1) is 0 Å². The highest BCUT2D eigenvalue weighted by atomic mass is 16.5. The smallest absolute Gasteiger partial charge is 0.324 e. The third-order valence-corrected chi connectivity index (χ3v) is 2.59. The number of esters is 1. The average Bonchev–Trinajstić information content (AvgIpc) is 2.27. The van der Waals surface area contributed by atoms with E-state index in [0.29, 0.717) is 6.42 Å². The Hall–Kier alpha value is -1.10. The summed E-state index contributed by atoms with van der Waals surface area (Å²) in [6, 6.07) is -1.15. The zero-order chi connectivity index (χ0) is 13.3. The van der Waals surface area contributed by atoms with E-state index < -0.39 is 18.1 Å². The van der Waals surface area contributed by atoms with Crippen molar-refractivity contribution in [2.75, 3.05) is 0 Å². The number of carbonyl (C=O) groups excluding carboxylic acids is 1. The van der Waals surface area contributed by atoms with E-state index in [1.807, 2.05) is 0 Å². The summed E-state index contributed by atoms with van der Waals surface area (Å²) in [5.74, 6) is -1.53. The molecule has 0 spiro atoms. The second-order valence-electron chi connectivity index (χ2n) is 4.22. The van der Waals surface area contributed by atoms with Gasteiger partial charge in [-0.05, 0) is 13.3 Å². The second-order valence-corrected chi connectivity index (χ2v) is 4.22. The number of carbonyl (C=O) groups is 2. The lowest BCUT2D eigenvalue weighted by molar-refractivity contribution is -0.153. The minimum Gasteiger partial charge on any atom is -0.480 e. The first-order valence-corrected chi connectivity index (χ1v) is 6.17. The van der Waals surface area contributed by atoms with Gasteiger partial charge >= 0.3 is 11.9 Å². The van der Waals surface area contributed by atoms with Crippen LogP contribution < -0.4 is 5.73 Å². The van der Waals surface area contributed by atoms with E-state index in [-0.39, 0.29) is 5.97 Å². The van der Waals surface area contributed by atoms with Crippen molar-refractivity contribution in [3.63, 3.8) is 0 Å². The Balaban J connectivity index is 3.67. The van der Waals surface area contributed by atoms with E-state index in [9.17, 15) is 9.59 Å². The summed E-state index contributed by atoms with van der Waals surface area (Å²) in [6.07, 6.45) is 4.80. The molecule has 0 aromatic carbocycles. The van der Waals surface area contributed by atoms with Crippen molar-refractivity contribution in [3.05, 3.63) is 0 Å². The Morgan fingerprint density at radius 2 is 1.82 bits per heavy atom. The molecule has 1 unspecified atom stereocenters. The molecule has 0 aromatic heterocycles. The third-order valence-electron chi connectivity index (χ3n) is 2.59. The number of aliphatic carboxylic acids is 1. The van der Waals surface area contributed by atoms with Crippen LogP contribution >= 0.6 is 0 Å². The zero-order valence-corrected chi connectivity index (χ0v) is 10.6. The number of unbranched alkanes of at least 4 members (excludes halogenated alkanes) is 4. The molecule has 0 amide bonds. The highest BCUT2D eigenvalue weighted by Gasteiger charge is 2.23. The number of ether oxygens (including phenoxy) is 1. The molecule has 0 saturated carbocycles. The molecule has 0 aromatic rings. The number of rotatable bonds is 9. The van der Waals surface area contributed by atoms with Crippen molar-refractivity contribution >= 4 is 11.9 Å². The molecule has 0 saturated heterocycles. The summed E-state index contributed by atoms with van der Waals surface area (Å²) >= 11 is 0. The van der Waals surface area contributed by atoms with Crippen molar-refractivity contribution in [2.24, 2.45) is 5.73 Å². The van der Waals surface area contributed by atoms with Crippen molar-refractivity contribution in [2.45, 2.75) is 64.5 Å². The van der Waals surface area contributed by atoms with E-state index >= 15 is 0 Å². The largest absolute Gasteiger partial charge is 0.480 e. The van der Waals surface area contributed by atoms with Gasteiger partial charge in [0.15, 0.2) is 0 Å². The third kappa shape index (κ3) is 7.74. The van der Waals surface area contributed by atoms with Crippen LogP contribution in [0.4, 0.5) is 0 Å². The van der Waals surface area contributed by atoms with Gasteiger partial charge in [-0.1, -0.05) is 32.6 Å². The molecular weight excluding hydrogens is 222 g/mol. The average molecular weight is 245 g/mol. The topological polar surface area (TPSA) is 89.6 Å². The molecule has 17 heavy (non-hydrogen) atoms. The molecule has 3 N–H and O–H groups in total. The lowest BCUT2D eigenvalue weighted by Gasteiger charge is -2.16. The monoisotopic (exact) mass is 245 g/mol. The first-order valence-electron chi connectivity index (χ1n) is 6.17. The van der Waals surface area contributed by atoms with Gasteiger partial charge in [-0.2, -0.15) is 0 Å². The summed E-state index contributed by atoms with van der Waals surface area (Å²) in [6.45, 7) is 3.62. The van der Waals surface area contributed by atoms with Gasteiger partial charge in [0.25, 0.3) is 0 Å². The first-order chi connectivity index (χ1) is 7.99. The first kappa shape index (κ1) is 15.9. The van der Waals surface area contributed by atoms with Gasteiger partial charge in [-0.15, -0.1) is 0 Å². The molecule has 2 atom stereocenters. The van der Waals surface area contributed by atoms with Gasteiger partial charge in [0.2, 0.25) is 0 Å². The predicted molar refractivity (Wildman–Crippen MR) is 64.5 cm³/mol. The van der Waals surface area contributed by atoms with Gasteiger partial charge in [-0.25, -0.2) is 0 Å². The summed E-state index contributed by atoms with van der Waals surface area (Å²) in [4.78, 5) is 21.9. The molecular formula is C12H23NO4. The van der Waals surface area contributed by atoms with Crippen LogP contribution in [0.1, 0.15) is 52.4 Å². The molecule has 0 aliphatic rings. The highest BCUT2D eigenvalue weighted by molar-refractivity contribution is 5.75. The van der Waals surface area contributed by atoms with Crippen LogP contribution in [-0.4, -0.2) is 29.2 Å². The lowest BCUT2D eigenvalue weighted by atomic mass is 10.1. The van der Waals surface area contributed by atoms with Gasteiger partial charge < -0.3 is 15.6 Å². The number of carboxylic acids is 1. The fourth-order valence-electron chi connectivity index (χ4n) is 1.41. The van der Waals surface area contributed by atoms with Crippen molar-refractivity contribution < 1.29 is 19.4 Å². The van der Waals surface area contributed by atoms with Crippen LogP contribution in [-0.2, 0) is 14.3 Å². The molecule has 0 fully saturated rings. The highest BCUT2D eigenvalue weighted by Crippen LogP contribution is 2.07. The number of carboxylic acid groups (broad SMARTS) is 1. The van der Waals surface area contributed by atoms with E-state index in [2.05, 4.69) is 6.92 Å². The zero-order valence-electron chi connectivity index (χ0n) is 10.6. The Kier molecular flexibility index (Phi) is 8.40. The van der Waals surface area contributed by atoms with Crippen molar-refractivity contribution in [1.29, 1.82) is 0 Å². The molecule has 0 bridgehead atoms. The fraction of sp³-hybridized carbons (Fsp3) is 0.833. The number of hydrogen-bond donors (Lipinski definition) is 2. The summed E-state index contributed by atoms with van der Waals surface area (Å²) in [5.41, 5.74) is 5.33. The normalized spacial score (nSPS) is 14.1. The molecule has 0 heterocycles. The molecule has 0 aliphatic carbocycles. The molecule has 100 valence electrons. The standard InChI is InChI=1S/C12H23NO4/c1-3-4-5-6-7-8-10(14)17-9(2)11(13)12(15)16/h9,11H,3-8,13H2,1-2H3,(H,15,16)/t9?,11-/m0/s1. The van der Waals surface area contributed by atoms with E-state index in [4.69, 9.17) is 15.6 Å². The minimum absolute atomic E-state index is 0.334. The molecule has 5 nitrogen and oxygen atoms in total. The second kappa shape index (κ2) is 8.98. The van der Waals surface area contributed by atoms with Crippen LogP contribution in [0.25, 0.3) is 0 Å². The molecule has 0 radical (unpaired) electrons. The Bertz CT molecular complexity index is 243. The summed E-state index contributed by atoms with van der Waals surface area (Å²) < 4.78 is 4.94. The van der Waals surface area contributed by atoms with Crippen molar-refractivity contribution in [1.82, 2.24) is 0 Å². The Morgan fingerprint density at radius 1 is 1.24 bits per heavy atom. The van der Waals surface area contributed by atoms with Gasteiger partial charge in [0, 0.05) is 6.42 Å². The molecule has 5 heteroatoms. The van der Waals surface area contributed by atoms with Crippen LogP contribution in [0.2, 0.25) is 0 Å². The molecule has 0 aliphatic heterocycles. The number of hydrogen-bond acceptors (Lipinski definition) is 4. The van der Waals surface area contributed by atoms with E-state index in [1.54, 1.807) is 0 Å². The fourth-order valence-corrected chi connectivity index (χ4v) is 1.41.